The van der Waals surface area contributed by atoms with Gasteiger partial charge in [0.25, 0.3) is 0 Å². The zero-order chi connectivity index (χ0) is 7.72. The molecule has 1 aliphatic heterocycles. The van der Waals surface area contributed by atoms with Crippen LogP contribution in [-0.2, 0) is 0 Å². The first kappa shape index (κ1) is 7.38. The van der Waals surface area contributed by atoms with Gasteiger partial charge in [0.2, 0.25) is 5.71 Å². The summed E-state index contributed by atoms with van der Waals surface area (Å²) in [6.45, 7) is 6.39. The Hall–Kier alpha value is -0.730. The fraction of sp³-hybridized carbons (Fsp3) is 0.857. The average Bonchev–Trinajstić information content (AvgIpc) is 2.11. The Balaban J connectivity index is 2.76. The van der Waals surface area contributed by atoms with Crippen LogP contribution in [0.2, 0.25) is 0 Å². The van der Waals surface area contributed by atoms with Crippen LogP contribution in [0.25, 0.3) is 0 Å². The largest absolute Gasteiger partial charge is 0.201 e. The van der Waals surface area contributed by atoms with E-state index in [2.05, 4.69) is 24.2 Å². The normalized spacial score (nSPS) is 25.1. The molecule has 1 heterocycles. The first-order valence-electron chi connectivity index (χ1n) is 3.61. The molecule has 0 N–H and O–H groups in total. The van der Waals surface area contributed by atoms with Crippen LogP contribution in [0.1, 0.15) is 20.8 Å². The molecule has 0 bridgehead atoms. The predicted molar refractivity (Wildman–Crippen MR) is 40.3 cm³/mol. The van der Waals surface area contributed by atoms with Crippen molar-refractivity contribution in [1.82, 2.24) is 0 Å². The molecule has 1 unspecified atom stereocenters. The molecule has 0 spiro atoms. The van der Waals surface area contributed by atoms with Crippen LogP contribution in [0.15, 0.2) is 10.3 Å². The second kappa shape index (κ2) is 2.48. The Bertz CT molecular complexity index is 173. The predicted octanol–water partition coefficient (Wildman–Crippen LogP) is 1.50. The molecule has 0 fully saturated rings. The van der Waals surface area contributed by atoms with Gasteiger partial charge in [0.1, 0.15) is 5.22 Å². The van der Waals surface area contributed by atoms with Gasteiger partial charge in [-0.15, -0.1) is 0 Å². The molecule has 10 heavy (non-hydrogen) atoms. The summed E-state index contributed by atoms with van der Waals surface area (Å²) in [6, 6.07) is 0.417. The zero-order valence-corrected chi connectivity index (χ0v) is 7.00. The molecule has 3 nitrogen and oxygen atoms in total. The van der Waals surface area contributed by atoms with E-state index < -0.39 is 0 Å². The Morgan fingerprint density at radius 3 is 2.30 bits per heavy atom. The first-order valence-corrected chi connectivity index (χ1v) is 3.61. The van der Waals surface area contributed by atoms with Gasteiger partial charge in [-0.1, -0.05) is 13.8 Å². The van der Waals surface area contributed by atoms with Gasteiger partial charge in [0, 0.05) is 12.8 Å². The topological polar surface area (TPSA) is 27.7 Å². The highest BCUT2D eigenvalue weighted by atomic mass is 15.5. The van der Waals surface area contributed by atoms with Crippen molar-refractivity contribution in [2.45, 2.75) is 26.8 Å². The fourth-order valence-electron chi connectivity index (χ4n) is 1.44. The highest BCUT2D eigenvalue weighted by Crippen LogP contribution is 2.12. The summed E-state index contributed by atoms with van der Waals surface area (Å²) in [5.41, 5.74) is 1.12. The lowest BCUT2D eigenvalue weighted by Crippen LogP contribution is -2.30. The van der Waals surface area contributed by atoms with Gasteiger partial charge in [0.15, 0.2) is 6.04 Å². The highest BCUT2D eigenvalue weighted by molar-refractivity contribution is 5.86. The molecule has 0 radical (unpaired) electrons. The highest BCUT2D eigenvalue weighted by Gasteiger charge is 2.31. The molecule has 0 saturated heterocycles. The van der Waals surface area contributed by atoms with Crippen molar-refractivity contribution in [3.8, 4) is 0 Å². The molecule has 0 aromatic carbocycles. The summed E-state index contributed by atoms with van der Waals surface area (Å²) >= 11 is 0. The minimum Gasteiger partial charge on any atom is -0.157 e. The summed E-state index contributed by atoms with van der Waals surface area (Å²) in [7, 11) is 1.96. The smallest absolute Gasteiger partial charge is 0.157 e. The molecule has 1 atom stereocenters. The Kier molecular flexibility index (Phi) is 1.83. The molecule has 1 rings (SSSR count). The van der Waals surface area contributed by atoms with Crippen LogP contribution in [0.5, 0.6) is 0 Å². The van der Waals surface area contributed by atoms with E-state index in [1.165, 1.54) is 0 Å². The lowest BCUT2D eigenvalue weighted by atomic mass is 10.0. The van der Waals surface area contributed by atoms with Crippen molar-refractivity contribution >= 4 is 5.71 Å². The molecule has 0 amide bonds. The van der Waals surface area contributed by atoms with E-state index in [0.29, 0.717) is 12.0 Å². The second-order valence-corrected chi connectivity index (χ2v) is 3.09. The van der Waals surface area contributed by atoms with Crippen molar-refractivity contribution in [3.63, 3.8) is 0 Å². The van der Waals surface area contributed by atoms with Gasteiger partial charge in [-0.2, -0.15) is 4.70 Å². The van der Waals surface area contributed by atoms with E-state index in [4.69, 9.17) is 0 Å². The van der Waals surface area contributed by atoms with Gasteiger partial charge >= 0.3 is 0 Å². The molecule has 0 aromatic heterocycles. The first-order chi connectivity index (χ1) is 4.63. The Labute approximate surface area is 61.4 Å². The summed E-state index contributed by atoms with van der Waals surface area (Å²) in [6.07, 6.45) is 0. The molecule has 0 saturated carbocycles. The Morgan fingerprint density at radius 1 is 1.50 bits per heavy atom. The van der Waals surface area contributed by atoms with Crippen molar-refractivity contribution in [2.24, 2.45) is 16.2 Å². The van der Waals surface area contributed by atoms with Crippen molar-refractivity contribution in [1.29, 1.82) is 0 Å². The molecule has 56 valence electrons. The van der Waals surface area contributed by atoms with E-state index in [1.54, 1.807) is 0 Å². The van der Waals surface area contributed by atoms with Crippen LogP contribution in [0.4, 0.5) is 0 Å². The molecule has 3 heteroatoms. The molecule has 1 aliphatic rings. The molecular formula is C7H14N3+. The monoisotopic (exact) mass is 140 g/mol. The van der Waals surface area contributed by atoms with E-state index in [9.17, 15) is 0 Å². The third-order valence-electron chi connectivity index (χ3n) is 1.81. The van der Waals surface area contributed by atoms with E-state index in [1.807, 2.05) is 18.7 Å². The van der Waals surface area contributed by atoms with E-state index in [-0.39, 0.29) is 0 Å². The third-order valence-corrected chi connectivity index (χ3v) is 1.81. The summed E-state index contributed by atoms with van der Waals surface area (Å²) in [5.74, 6) is 0.597. The van der Waals surface area contributed by atoms with Gasteiger partial charge in [-0.3, -0.25) is 0 Å². The maximum absolute atomic E-state index is 3.99. The zero-order valence-electron chi connectivity index (χ0n) is 7.00. The molecule has 0 aliphatic carbocycles. The minimum atomic E-state index is 0.417. The van der Waals surface area contributed by atoms with Gasteiger partial charge in [-0.25, -0.2) is 0 Å². The summed E-state index contributed by atoms with van der Waals surface area (Å²) in [4.78, 5) is 0. The van der Waals surface area contributed by atoms with Crippen LogP contribution in [0, 0.1) is 5.92 Å². The number of hydrogen-bond donors (Lipinski definition) is 0. The second-order valence-electron chi connectivity index (χ2n) is 3.09. The molecule has 0 aromatic rings. The fourth-order valence-corrected chi connectivity index (χ4v) is 1.44. The quantitative estimate of drug-likeness (QED) is 0.494. The Morgan fingerprint density at radius 2 is 2.10 bits per heavy atom. The van der Waals surface area contributed by atoms with Crippen LogP contribution < -0.4 is 0 Å². The van der Waals surface area contributed by atoms with Crippen LogP contribution >= 0.6 is 0 Å². The SMILES string of the molecule is CC1=NN=[N+](C)C1C(C)C. The number of nitrogens with zero attached hydrogens (tertiary/aromatic N) is 3. The lowest BCUT2D eigenvalue weighted by Gasteiger charge is -2.09. The lowest BCUT2D eigenvalue weighted by molar-refractivity contribution is -0.587. The third kappa shape index (κ3) is 1.08. The maximum atomic E-state index is 3.99. The van der Waals surface area contributed by atoms with Crippen molar-refractivity contribution in [2.75, 3.05) is 7.05 Å². The average molecular weight is 140 g/mol. The number of hydrogen-bond acceptors (Lipinski definition) is 2. The summed E-state index contributed by atoms with van der Waals surface area (Å²) < 4.78 is 1.92. The number of rotatable bonds is 1. The van der Waals surface area contributed by atoms with Gasteiger partial charge in [0.05, 0.1) is 12.1 Å². The van der Waals surface area contributed by atoms with Crippen molar-refractivity contribution in [3.05, 3.63) is 0 Å². The van der Waals surface area contributed by atoms with Crippen LogP contribution in [-0.4, -0.2) is 23.5 Å². The molecular weight excluding hydrogens is 126 g/mol. The van der Waals surface area contributed by atoms with Crippen molar-refractivity contribution < 1.29 is 4.70 Å². The summed E-state index contributed by atoms with van der Waals surface area (Å²) in [5, 5.41) is 7.93. The minimum absolute atomic E-state index is 0.417. The van der Waals surface area contributed by atoms with Gasteiger partial charge < -0.3 is 0 Å². The van der Waals surface area contributed by atoms with Crippen LogP contribution in [0.3, 0.4) is 0 Å². The standard InChI is InChI=1S/C7H14N3/c1-5(2)7-6(3)8-9-10(7)4/h5,7H,1-4H3/q+1. The maximum Gasteiger partial charge on any atom is 0.201 e. The van der Waals surface area contributed by atoms with E-state index >= 15 is 0 Å². The van der Waals surface area contributed by atoms with E-state index in [0.717, 1.165) is 5.71 Å². The van der Waals surface area contributed by atoms with Gasteiger partial charge in [-0.05, 0) is 0 Å².